The fraction of sp³-hybridized carbons (Fsp3) is 0.824. The van der Waals surface area contributed by atoms with E-state index in [9.17, 15) is 0 Å². The highest BCUT2D eigenvalue weighted by Gasteiger charge is 2.20. The smallest absolute Gasteiger partial charge is 0.228 e. The van der Waals surface area contributed by atoms with Gasteiger partial charge in [0.2, 0.25) is 5.89 Å². The molecule has 1 saturated carbocycles. The number of hydrogen-bond acceptors (Lipinski definition) is 4. The number of nitrogens with zero attached hydrogens (tertiary/aromatic N) is 3. The number of halogens is 1. The van der Waals surface area contributed by atoms with E-state index in [0.29, 0.717) is 24.3 Å². The zero-order valence-corrected chi connectivity index (χ0v) is 17.7. The summed E-state index contributed by atoms with van der Waals surface area (Å²) in [6.07, 6.45) is 7.14. The molecule has 0 bridgehead atoms. The van der Waals surface area contributed by atoms with Crippen molar-refractivity contribution in [2.45, 2.75) is 71.3 Å². The summed E-state index contributed by atoms with van der Waals surface area (Å²) in [7, 11) is 1.82. The molecule has 0 radical (unpaired) electrons. The Hall–Kier alpha value is -0.860. The molecule has 0 aromatic carbocycles. The van der Waals surface area contributed by atoms with Crippen molar-refractivity contribution in [3.63, 3.8) is 0 Å². The lowest BCUT2D eigenvalue weighted by molar-refractivity contribution is 0.304. The maximum atomic E-state index is 5.25. The van der Waals surface area contributed by atoms with Crippen LogP contribution in [-0.2, 0) is 6.42 Å². The van der Waals surface area contributed by atoms with Crippen LogP contribution in [0.1, 0.15) is 70.5 Å². The molecule has 2 N–H and O–H groups in total. The Morgan fingerprint density at radius 2 is 2.00 bits per heavy atom. The van der Waals surface area contributed by atoms with Crippen molar-refractivity contribution in [3.05, 3.63) is 11.7 Å². The fourth-order valence-corrected chi connectivity index (χ4v) is 2.99. The van der Waals surface area contributed by atoms with Crippen molar-refractivity contribution in [1.29, 1.82) is 0 Å². The van der Waals surface area contributed by atoms with E-state index in [4.69, 9.17) is 4.52 Å². The summed E-state index contributed by atoms with van der Waals surface area (Å²) in [5, 5.41) is 10.9. The molecule has 0 aliphatic heterocycles. The van der Waals surface area contributed by atoms with Gasteiger partial charge in [0.05, 0.1) is 0 Å². The Bertz CT molecular complexity index is 495. The lowest BCUT2D eigenvalue weighted by Crippen LogP contribution is -2.45. The van der Waals surface area contributed by atoms with Crippen LogP contribution >= 0.6 is 24.0 Å². The number of aliphatic imine (C=N–C) groups is 1. The molecule has 1 aliphatic carbocycles. The van der Waals surface area contributed by atoms with Crippen molar-refractivity contribution in [3.8, 4) is 0 Å². The Balaban J connectivity index is 0.00000288. The highest BCUT2D eigenvalue weighted by molar-refractivity contribution is 14.0. The topological polar surface area (TPSA) is 75.3 Å². The molecule has 1 fully saturated rings. The summed E-state index contributed by atoms with van der Waals surface area (Å²) >= 11 is 0. The van der Waals surface area contributed by atoms with E-state index in [-0.39, 0.29) is 24.0 Å². The largest absolute Gasteiger partial charge is 0.356 e. The molecule has 0 atom stereocenters. The number of hydrogen-bond donors (Lipinski definition) is 2. The molecule has 1 heterocycles. The third-order valence-electron chi connectivity index (χ3n) is 4.62. The van der Waals surface area contributed by atoms with Crippen LogP contribution in [0.4, 0.5) is 0 Å². The summed E-state index contributed by atoms with van der Waals surface area (Å²) < 4.78 is 5.25. The first-order valence-electron chi connectivity index (χ1n) is 8.92. The summed E-state index contributed by atoms with van der Waals surface area (Å²) in [4.78, 5) is 8.70. The van der Waals surface area contributed by atoms with E-state index in [1.165, 1.54) is 32.1 Å². The van der Waals surface area contributed by atoms with E-state index in [0.717, 1.165) is 24.2 Å². The summed E-state index contributed by atoms with van der Waals surface area (Å²) in [5.74, 6) is 3.53. The molecule has 1 aromatic heterocycles. The van der Waals surface area contributed by atoms with Crippen LogP contribution < -0.4 is 10.6 Å². The summed E-state index contributed by atoms with van der Waals surface area (Å²) in [6, 6.07) is 0.542. The Kier molecular flexibility index (Phi) is 9.61. The van der Waals surface area contributed by atoms with Crippen LogP contribution in [0.5, 0.6) is 0 Å². The summed E-state index contributed by atoms with van der Waals surface area (Å²) in [5.41, 5.74) is 0. The van der Waals surface area contributed by atoms with Crippen LogP contribution in [-0.4, -0.2) is 35.7 Å². The van der Waals surface area contributed by atoms with Crippen LogP contribution in [0.3, 0.4) is 0 Å². The lowest BCUT2D eigenvalue weighted by atomic mass is 9.84. The monoisotopic (exact) mass is 449 g/mol. The molecule has 1 aliphatic rings. The van der Waals surface area contributed by atoms with Crippen LogP contribution in [0.2, 0.25) is 0 Å². The van der Waals surface area contributed by atoms with Gasteiger partial charge in [0.15, 0.2) is 11.8 Å². The molecule has 1 aromatic rings. The average Bonchev–Trinajstić information content (AvgIpc) is 3.03. The van der Waals surface area contributed by atoms with Gasteiger partial charge >= 0.3 is 0 Å². The molecule has 0 unspecified atom stereocenters. The quantitative estimate of drug-likeness (QED) is 0.395. The third kappa shape index (κ3) is 6.57. The minimum absolute atomic E-state index is 0. The van der Waals surface area contributed by atoms with Crippen molar-refractivity contribution >= 4 is 29.9 Å². The van der Waals surface area contributed by atoms with E-state index >= 15 is 0 Å². The van der Waals surface area contributed by atoms with Gasteiger partial charge in [0, 0.05) is 32.0 Å². The normalized spacial score (nSPS) is 21.5. The molecule has 7 heteroatoms. The molecule has 6 nitrogen and oxygen atoms in total. The third-order valence-corrected chi connectivity index (χ3v) is 4.62. The zero-order chi connectivity index (χ0) is 16.7. The molecule has 0 spiro atoms. The van der Waals surface area contributed by atoms with Gasteiger partial charge in [0.1, 0.15) is 0 Å². The fourth-order valence-electron chi connectivity index (χ4n) is 2.99. The lowest BCUT2D eigenvalue weighted by Gasteiger charge is -2.29. The van der Waals surface area contributed by atoms with E-state index in [2.05, 4.69) is 46.5 Å². The number of guanidine groups is 1. The van der Waals surface area contributed by atoms with E-state index in [1.807, 2.05) is 7.05 Å². The minimum atomic E-state index is 0. The van der Waals surface area contributed by atoms with Gasteiger partial charge in [0.25, 0.3) is 0 Å². The van der Waals surface area contributed by atoms with Crippen LogP contribution in [0.25, 0.3) is 0 Å². The highest BCUT2D eigenvalue weighted by atomic mass is 127. The van der Waals surface area contributed by atoms with Gasteiger partial charge in [-0.2, -0.15) is 4.98 Å². The second-order valence-corrected chi connectivity index (χ2v) is 6.72. The molecule has 2 rings (SSSR count). The van der Waals surface area contributed by atoms with Gasteiger partial charge < -0.3 is 15.2 Å². The Morgan fingerprint density at radius 3 is 2.54 bits per heavy atom. The first-order chi connectivity index (χ1) is 11.1. The molecular weight excluding hydrogens is 417 g/mol. The second kappa shape index (κ2) is 10.9. The van der Waals surface area contributed by atoms with Crippen LogP contribution in [0, 0.1) is 5.92 Å². The van der Waals surface area contributed by atoms with Crippen molar-refractivity contribution in [2.24, 2.45) is 10.9 Å². The van der Waals surface area contributed by atoms with E-state index in [1.54, 1.807) is 0 Å². The van der Waals surface area contributed by atoms with Crippen molar-refractivity contribution in [1.82, 2.24) is 20.8 Å². The first kappa shape index (κ1) is 21.2. The summed E-state index contributed by atoms with van der Waals surface area (Å²) in [6.45, 7) is 7.16. The molecular formula is C17H32IN5O. The molecule has 0 saturated heterocycles. The standard InChI is InChI=1S/C17H31N5O.HI/c1-5-13-6-8-14(9-7-13)20-17(18-4)19-11-10-15-21-16(12(2)3)22-23-15;/h12-14H,5-11H2,1-4H3,(H2,18,19,20);1H. The molecule has 24 heavy (non-hydrogen) atoms. The maximum Gasteiger partial charge on any atom is 0.228 e. The average molecular weight is 449 g/mol. The number of aromatic nitrogens is 2. The molecule has 0 amide bonds. The van der Waals surface area contributed by atoms with Gasteiger partial charge in [-0.25, -0.2) is 0 Å². The Morgan fingerprint density at radius 1 is 1.29 bits per heavy atom. The van der Waals surface area contributed by atoms with Crippen molar-refractivity contribution in [2.75, 3.05) is 13.6 Å². The van der Waals surface area contributed by atoms with Crippen molar-refractivity contribution < 1.29 is 4.52 Å². The first-order valence-corrected chi connectivity index (χ1v) is 8.92. The number of rotatable bonds is 6. The number of nitrogens with one attached hydrogen (secondary N) is 2. The van der Waals surface area contributed by atoms with Gasteiger partial charge in [-0.3, -0.25) is 4.99 Å². The zero-order valence-electron chi connectivity index (χ0n) is 15.3. The van der Waals surface area contributed by atoms with Gasteiger partial charge in [-0.1, -0.05) is 32.3 Å². The SMILES string of the molecule is CCC1CCC(NC(=NC)NCCc2nc(C(C)C)no2)CC1.I. The maximum absolute atomic E-state index is 5.25. The van der Waals surface area contributed by atoms with E-state index < -0.39 is 0 Å². The van der Waals surface area contributed by atoms with Gasteiger partial charge in [-0.15, -0.1) is 24.0 Å². The minimum Gasteiger partial charge on any atom is -0.356 e. The van der Waals surface area contributed by atoms with Crippen LogP contribution in [0.15, 0.2) is 9.52 Å². The Labute approximate surface area is 162 Å². The van der Waals surface area contributed by atoms with Gasteiger partial charge in [-0.05, 0) is 31.6 Å². The second-order valence-electron chi connectivity index (χ2n) is 6.72. The predicted molar refractivity (Wildman–Crippen MR) is 108 cm³/mol. The highest BCUT2D eigenvalue weighted by Crippen LogP contribution is 2.26. The predicted octanol–water partition coefficient (Wildman–Crippen LogP) is 3.49. The molecule has 138 valence electrons.